The van der Waals surface area contributed by atoms with Crippen molar-refractivity contribution in [3.05, 3.63) is 120 Å². The van der Waals surface area contributed by atoms with Crippen molar-refractivity contribution in [2.45, 2.75) is 6.10 Å². The van der Waals surface area contributed by atoms with Crippen LogP contribution in [0, 0.1) is 17.5 Å². The minimum absolute atomic E-state index is 0.0563. The molecule has 1 aliphatic rings. The van der Waals surface area contributed by atoms with Crippen molar-refractivity contribution in [1.82, 2.24) is 0 Å². The number of epoxide rings is 1. The molecule has 1 heterocycles. The fraction of sp³-hybridized carbons (Fsp3) is 0.0690. The zero-order chi connectivity index (χ0) is 24.5. The summed E-state index contributed by atoms with van der Waals surface area (Å²) in [4.78, 5) is 12.4. The zero-order valence-electron chi connectivity index (χ0n) is 18.4. The quantitative estimate of drug-likeness (QED) is 0.167. The van der Waals surface area contributed by atoms with Gasteiger partial charge in [-0.15, -0.1) is 0 Å². The predicted octanol–water partition coefficient (Wildman–Crippen LogP) is 7.37. The molecule has 0 spiro atoms. The average molecular weight is 472 g/mol. The summed E-state index contributed by atoms with van der Waals surface area (Å²) in [5.41, 5.74) is 2.53. The first-order valence-electron chi connectivity index (χ1n) is 10.9. The van der Waals surface area contributed by atoms with E-state index in [1.807, 2.05) is 0 Å². The molecule has 0 radical (unpaired) electrons. The molecule has 174 valence electrons. The Morgan fingerprint density at radius 1 is 0.857 bits per heavy atom. The van der Waals surface area contributed by atoms with Crippen molar-refractivity contribution < 1.29 is 27.4 Å². The molecule has 1 saturated heterocycles. The Hall–Kier alpha value is -4.16. The molecule has 0 N–H and O–H groups in total. The Morgan fingerprint density at radius 3 is 1.94 bits per heavy atom. The summed E-state index contributed by atoms with van der Waals surface area (Å²) in [6.45, 7) is 4.14. The van der Waals surface area contributed by atoms with Crippen LogP contribution in [-0.4, -0.2) is 12.6 Å². The number of carbonyl (C=O) groups excluding carboxylic acids is 1. The highest BCUT2D eigenvalue weighted by atomic mass is 19.2. The summed E-state index contributed by atoms with van der Waals surface area (Å²) >= 11 is 0. The molecule has 4 aromatic rings. The van der Waals surface area contributed by atoms with E-state index >= 15 is 0 Å². The summed E-state index contributed by atoms with van der Waals surface area (Å²) in [5.74, 6) is -3.01. The predicted molar refractivity (Wildman–Crippen MR) is 127 cm³/mol. The van der Waals surface area contributed by atoms with Crippen molar-refractivity contribution >= 4 is 12.0 Å². The molecule has 0 amide bonds. The second-order valence-corrected chi connectivity index (χ2v) is 8.09. The summed E-state index contributed by atoms with van der Waals surface area (Å²) in [7, 11) is 0. The average Bonchev–Trinajstić information content (AvgIpc) is 3.72. The Morgan fingerprint density at radius 2 is 1.43 bits per heavy atom. The van der Waals surface area contributed by atoms with E-state index < -0.39 is 23.4 Å². The number of benzene rings is 4. The summed E-state index contributed by atoms with van der Waals surface area (Å²) in [5, 5.41) is 0. The van der Waals surface area contributed by atoms with Crippen molar-refractivity contribution in [3.8, 4) is 28.0 Å². The van der Waals surface area contributed by atoms with Crippen LogP contribution >= 0.6 is 0 Å². The van der Waals surface area contributed by atoms with Crippen LogP contribution in [0.25, 0.3) is 28.3 Å². The number of carbonyl (C=O) groups is 1. The minimum atomic E-state index is -0.977. The fourth-order valence-corrected chi connectivity index (χ4v) is 3.81. The van der Waals surface area contributed by atoms with Crippen molar-refractivity contribution in [3.63, 3.8) is 0 Å². The van der Waals surface area contributed by atoms with Gasteiger partial charge in [0.25, 0.3) is 0 Å². The van der Waals surface area contributed by atoms with E-state index in [0.29, 0.717) is 23.3 Å². The van der Waals surface area contributed by atoms with Crippen molar-refractivity contribution in [2.75, 3.05) is 6.61 Å². The van der Waals surface area contributed by atoms with Gasteiger partial charge in [-0.25, -0.2) is 18.0 Å². The topological polar surface area (TPSA) is 38.8 Å². The molecule has 1 aliphatic heterocycles. The number of hydrogen-bond donors (Lipinski definition) is 0. The molecule has 5 rings (SSSR count). The van der Waals surface area contributed by atoms with Gasteiger partial charge < -0.3 is 9.47 Å². The van der Waals surface area contributed by atoms with Gasteiger partial charge >= 0.3 is 5.97 Å². The van der Waals surface area contributed by atoms with Crippen molar-refractivity contribution in [2.24, 2.45) is 0 Å². The molecule has 0 aromatic heterocycles. The van der Waals surface area contributed by atoms with Crippen LogP contribution in [0.4, 0.5) is 13.2 Å². The van der Waals surface area contributed by atoms with E-state index in [-0.39, 0.29) is 28.5 Å². The monoisotopic (exact) mass is 472 g/mol. The van der Waals surface area contributed by atoms with Crippen LogP contribution in [-0.2, 0) is 4.74 Å². The maximum atomic E-state index is 14.9. The normalized spacial score (nSPS) is 14.4. The second kappa shape index (κ2) is 9.24. The molecular weight excluding hydrogens is 453 g/mol. The highest BCUT2D eigenvalue weighted by Gasteiger charge is 2.28. The van der Waals surface area contributed by atoms with E-state index in [2.05, 4.69) is 6.58 Å². The number of esters is 1. The summed E-state index contributed by atoms with van der Waals surface area (Å²) < 4.78 is 54.3. The minimum Gasteiger partial charge on any atom is -0.423 e. The van der Waals surface area contributed by atoms with E-state index in [1.165, 1.54) is 48.5 Å². The molecule has 1 atom stereocenters. The second-order valence-electron chi connectivity index (χ2n) is 8.09. The molecule has 0 saturated carbocycles. The van der Waals surface area contributed by atoms with Crippen LogP contribution in [0.5, 0.6) is 5.75 Å². The maximum Gasteiger partial charge on any atom is 0.343 e. The Balaban J connectivity index is 1.33. The van der Waals surface area contributed by atoms with E-state index in [4.69, 9.17) is 9.47 Å². The number of rotatable bonds is 6. The highest BCUT2D eigenvalue weighted by molar-refractivity contribution is 5.91. The molecule has 4 aromatic carbocycles. The van der Waals surface area contributed by atoms with Crippen LogP contribution < -0.4 is 4.74 Å². The molecule has 0 bridgehead atoms. The largest absolute Gasteiger partial charge is 0.423 e. The number of ether oxygens (including phenoxy) is 2. The molecule has 3 nitrogen and oxygen atoms in total. The molecule has 1 unspecified atom stereocenters. The lowest BCUT2D eigenvalue weighted by atomic mass is 9.98. The zero-order valence-corrected chi connectivity index (χ0v) is 18.4. The standard InChI is InChI=1S/C29H19F3O3/c1-2-17-3-5-18(6-4-17)22-13-14-23(28(32)27(22)31)19-7-10-21(11-8-19)35-29(33)20-9-12-24(25(30)15-20)26-16-34-26/h2-15,26H,1,16H2. The van der Waals surface area contributed by atoms with Gasteiger partial charge in [-0.05, 0) is 41.0 Å². The maximum absolute atomic E-state index is 14.9. The van der Waals surface area contributed by atoms with Crippen molar-refractivity contribution in [1.29, 1.82) is 0 Å². The third-order valence-electron chi connectivity index (χ3n) is 5.83. The first-order valence-corrected chi connectivity index (χ1v) is 10.9. The van der Waals surface area contributed by atoms with Gasteiger partial charge in [0.05, 0.1) is 12.2 Å². The van der Waals surface area contributed by atoms with Gasteiger partial charge in [-0.3, -0.25) is 0 Å². The third-order valence-corrected chi connectivity index (χ3v) is 5.83. The molecule has 6 heteroatoms. The first kappa shape index (κ1) is 22.6. The van der Waals surface area contributed by atoms with Gasteiger partial charge in [0, 0.05) is 16.7 Å². The Kier molecular flexibility index (Phi) is 5.97. The Bertz CT molecular complexity index is 1420. The summed E-state index contributed by atoms with van der Waals surface area (Å²) in [6.07, 6.45) is 1.41. The SMILES string of the molecule is C=Cc1ccc(-c2ccc(-c3ccc(OC(=O)c4ccc(C5CO5)c(F)c4)cc3)c(F)c2F)cc1. The molecule has 35 heavy (non-hydrogen) atoms. The van der Waals surface area contributed by atoms with E-state index in [0.717, 1.165) is 11.6 Å². The third kappa shape index (κ3) is 4.61. The van der Waals surface area contributed by atoms with Gasteiger partial charge in [0.15, 0.2) is 11.6 Å². The van der Waals surface area contributed by atoms with Crippen LogP contribution in [0.2, 0.25) is 0 Å². The highest BCUT2D eigenvalue weighted by Crippen LogP contribution is 2.33. The van der Waals surface area contributed by atoms with Crippen LogP contribution in [0.15, 0.2) is 85.4 Å². The lowest BCUT2D eigenvalue weighted by molar-refractivity contribution is 0.0734. The van der Waals surface area contributed by atoms with Gasteiger partial charge in [0.2, 0.25) is 0 Å². The van der Waals surface area contributed by atoms with Gasteiger partial charge in [-0.2, -0.15) is 0 Å². The van der Waals surface area contributed by atoms with E-state index in [1.54, 1.807) is 30.3 Å². The van der Waals surface area contributed by atoms with Crippen LogP contribution in [0.1, 0.15) is 27.6 Å². The van der Waals surface area contributed by atoms with Crippen LogP contribution in [0.3, 0.4) is 0 Å². The number of hydrogen-bond acceptors (Lipinski definition) is 3. The molecule has 0 aliphatic carbocycles. The lowest BCUT2D eigenvalue weighted by Gasteiger charge is -2.10. The molecule has 1 fully saturated rings. The molecular formula is C29H19F3O3. The fourth-order valence-electron chi connectivity index (χ4n) is 3.81. The van der Waals surface area contributed by atoms with Gasteiger partial charge in [0.1, 0.15) is 17.7 Å². The number of halogens is 3. The summed E-state index contributed by atoms with van der Waals surface area (Å²) in [6, 6.07) is 20.1. The van der Waals surface area contributed by atoms with Gasteiger partial charge in [-0.1, -0.05) is 67.3 Å². The Labute approximate surface area is 200 Å². The smallest absolute Gasteiger partial charge is 0.343 e. The van der Waals surface area contributed by atoms with E-state index in [9.17, 15) is 18.0 Å². The lowest BCUT2D eigenvalue weighted by Crippen LogP contribution is -2.09. The first-order chi connectivity index (χ1) is 16.9.